The normalized spacial score (nSPS) is 31.5. The zero-order chi connectivity index (χ0) is 11.2. The van der Waals surface area contributed by atoms with Crippen molar-refractivity contribution in [2.75, 3.05) is 6.54 Å². The van der Waals surface area contributed by atoms with Crippen LogP contribution in [0.3, 0.4) is 0 Å². The van der Waals surface area contributed by atoms with E-state index < -0.39 is 5.92 Å². The fourth-order valence-electron chi connectivity index (χ4n) is 2.47. The van der Waals surface area contributed by atoms with Gasteiger partial charge in [-0.25, -0.2) is 0 Å². The first kappa shape index (κ1) is 10.5. The minimum absolute atomic E-state index is 0.00810. The SMILES string of the molecule is CC(C)(C)C1C(=O)NC2CCCN2C1=O. The summed E-state index contributed by atoms with van der Waals surface area (Å²) in [7, 11) is 0. The van der Waals surface area contributed by atoms with Crippen LogP contribution in [0.15, 0.2) is 0 Å². The number of hydrogen-bond donors (Lipinski definition) is 1. The Balaban J connectivity index is 2.26. The second-order valence-electron chi connectivity index (χ2n) is 5.50. The van der Waals surface area contributed by atoms with Gasteiger partial charge in [-0.15, -0.1) is 0 Å². The third kappa shape index (κ3) is 1.62. The summed E-state index contributed by atoms with van der Waals surface area (Å²) >= 11 is 0. The van der Waals surface area contributed by atoms with Crippen molar-refractivity contribution in [3.05, 3.63) is 0 Å². The molecule has 15 heavy (non-hydrogen) atoms. The predicted octanol–water partition coefficient (Wildman–Crippen LogP) is 0.727. The van der Waals surface area contributed by atoms with Crippen LogP contribution in [-0.4, -0.2) is 29.4 Å². The molecule has 2 unspecified atom stereocenters. The molecule has 0 bridgehead atoms. The monoisotopic (exact) mass is 210 g/mol. The molecule has 4 heteroatoms. The van der Waals surface area contributed by atoms with Crippen molar-refractivity contribution in [2.24, 2.45) is 11.3 Å². The largest absolute Gasteiger partial charge is 0.335 e. The fraction of sp³-hybridized carbons (Fsp3) is 0.818. The molecule has 0 spiro atoms. The molecule has 2 rings (SSSR count). The van der Waals surface area contributed by atoms with Crippen LogP contribution in [0.5, 0.6) is 0 Å². The topological polar surface area (TPSA) is 49.4 Å². The highest BCUT2D eigenvalue weighted by Crippen LogP contribution is 2.33. The molecule has 4 nitrogen and oxygen atoms in total. The third-order valence-electron chi connectivity index (χ3n) is 3.22. The Labute approximate surface area is 90.0 Å². The molecule has 2 saturated heterocycles. The molecule has 0 radical (unpaired) electrons. The molecule has 2 aliphatic rings. The van der Waals surface area contributed by atoms with Crippen LogP contribution in [0.25, 0.3) is 0 Å². The molecule has 0 aromatic rings. The second kappa shape index (κ2) is 3.22. The average Bonchev–Trinajstić information content (AvgIpc) is 2.48. The van der Waals surface area contributed by atoms with Crippen molar-refractivity contribution >= 4 is 11.8 Å². The minimum Gasteiger partial charge on any atom is -0.335 e. The summed E-state index contributed by atoms with van der Waals surface area (Å²) in [5.74, 6) is -0.615. The zero-order valence-electron chi connectivity index (χ0n) is 9.54. The molecule has 0 aliphatic carbocycles. The molecule has 1 N–H and O–H groups in total. The second-order valence-corrected chi connectivity index (χ2v) is 5.50. The first-order valence-electron chi connectivity index (χ1n) is 5.52. The van der Waals surface area contributed by atoms with Gasteiger partial charge in [0.1, 0.15) is 12.1 Å². The lowest BCUT2D eigenvalue weighted by Crippen LogP contribution is -2.61. The summed E-state index contributed by atoms with van der Waals surface area (Å²) in [6.45, 7) is 6.60. The van der Waals surface area contributed by atoms with Crippen molar-refractivity contribution in [1.82, 2.24) is 10.2 Å². The summed E-state index contributed by atoms with van der Waals surface area (Å²) in [6.07, 6.45) is 1.85. The molecule has 0 aromatic heterocycles. The van der Waals surface area contributed by atoms with Crippen molar-refractivity contribution < 1.29 is 9.59 Å². The fourth-order valence-corrected chi connectivity index (χ4v) is 2.47. The molecule has 84 valence electrons. The minimum atomic E-state index is -0.521. The zero-order valence-corrected chi connectivity index (χ0v) is 9.54. The summed E-state index contributed by atoms with van der Waals surface area (Å²) in [6, 6.07) is 0. The molecule has 0 aromatic carbocycles. The summed E-state index contributed by atoms with van der Waals surface area (Å²) < 4.78 is 0. The Morgan fingerprint density at radius 3 is 2.60 bits per heavy atom. The van der Waals surface area contributed by atoms with Gasteiger partial charge >= 0.3 is 0 Å². The summed E-state index contributed by atoms with van der Waals surface area (Å²) in [5, 5.41) is 2.93. The van der Waals surface area contributed by atoms with E-state index in [4.69, 9.17) is 0 Å². The van der Waals surface area contributed by atoms with Crippen LogP contribution >= 0.6 is 0 Å². The Morgan fingerprint density at radius 2 is 2.00 bits per heavy atom. The number of rotatable bonds is 0. The molecule has 0 saturated carbocycles. The van der Waals surface area contributed by atoms with Crippen LogP contribution in [0, 0.1) is 11.3 Å². The van der Waals surface area contributed by atoms with Crippen LogP contribution < -0.4 is 5.32 Å². The molecule has 2 aliphatic heterocycles. The predicted molar refractivity (Wildman–Crippen MR) is 55.8 cm³/mol. The molecule has 2 amide bonds. The van der Waals surface area contributed by atoms with E-state index >= 15 is 0 Å². The Bertz CT molecular complexity index is 306. The van der Waals surface area contributed by atoms with Gasteiger partial charge in [-0.3, -0.25) is 9.59 Å². The Hall–Kier alpha value is -1.06. The van der Waals surface area contributed by atoms with Crippen LogP contribution in [0.1, 0.15) is 33.6 Å². The van der Waals surface area contributed by atoms with Gasteiger partial charge < -0.3 is 10.2 Å². The van der Waals surface area contributed by atoms with Crippen molar-refractivity contribution in [3.63, 3.8) is 0 Å². The maximum Gasteiger partial charge on any atom is 0.237 e. The highest BCUT2D eigenvalue weighted by molar-refractivity contribution is 6.03. The molecular weight excluding hydrogens is 192 g/mol. The van der Waals surface area contributed by atoms with Gasteiger partial charge in [0.05, 0.1) is 0 Å². The quantitative estimate of drug-likeness (QED) is 0.599. The first-order valence-corrected chi connectivity index (χ1v) is 5.52. The van der Waals surface area contributed by atoms with E-state index in [1.807, 2.05) is 25.7 Å². The van der Waals surface area contributed by atoms with E-state index in [1.54, 1.807) is 0 Å². The van der Waals surface area contributed by atoms with Gasteiger partial charge in [0.25, 0.3) is 0 Å². The number of hydrogen-bond acceptors (Lipinski definition) is 2. The van der Waals surface area contributed by atoms with Gasteiger partial charge in [0, 0.05) is 6.54 Å². The van der Waals surface area contributed by atoms with Gasteiger partial charge in [0.15, 0.2) is 0 Å². The van der Waals surface area contributed by atoms with E-state index in [-0.39, 0.29) is 23.4 Å². The maximum absolute atomic E-state index is 12.1. The number of nitrogens with one attached hydrogen (secondary N) is 1. The van der Waals surface area contributed by atoms with Crippen molar-refractivity contribution in [1.29, 1.82) is 0 Å². The molecular formula is C11H18N2O2. The van der Waals surface area contributed by atoms with Crippen molar-refractivity contribution in [3.8, 4) is 0 Å². The smallest absolute Gasteiger partial charge is 0.237 e. The Morgan fingerprint density at radius 1 is 1.33 bits per heavy atom. The third-order valence-corrected chi connectivity index (χ3v) is 3.22. The van der Waals surface area contributed by atoms with Crippen LogP contribution in [0.2, 0.25) is 0 Å². The lowest BCUT2D eigenvalue weighted by Gasteiger charge is -2.39. The van der Waals surface area contributed by atoms with Crippen molar-refractivity contribution in [2.45, 2.75) is 39.8 Å². The number of carbonyl (C=O) groups excluding carboxylic acids is 2. The number of nitrogens with zero attached hydrogens (tertiary/aromatic N) is 1. The molecule has 2 fully saturated rings. The maximum atomic E-state index is 12.1. The van der Waals surface area contributed by atoms with E-state index in [2.05, 4.69) is 5.32 Å². The van der Waals surface area contributed by atoms with E-state index in [1.165, 1.54) is 0 Å². The lowest BCUT2D eigenvalue weighted by molar-refractivity contribution is -0.154. The first-order chi connectivity index (χ1) is 6.91. The van der Waals surface area contributed by atoms with Gasteiger partial charge in [-0.05, 0) is 18.3 Å². The standard InChI is InChI=1S/C11H18N2O2/c1-11(2,3)8-9(14)12-7-5-4-6-13(7)10(8)15/h7-8H,4-6H2,1-3H3,(H,12,14). The number of fused-ring (bicyclic) bond motifs is 1. The van der Waals surface area contributed by atoms with Gasteiger partial charge in [-0.1, -0.05) is 20.8 Å². The lowest BCUT2D eigenvalue weighted by atomic mass is 9.78. The summed E-state index contributed by atoms with van der Waals surface area (Å²) in [5.41, 5.74) is -0.297. The summed E-state index contributed by atoms with van der Waals surface area (Å²) in [4.78, 5) is 25.8. The number of carbonyl (C=O) groups is 2. The highest BCUT2D eigenvalue weighted by atomic mass is 16.2. The Kier molecular flexibility index (Phi) is 2.24. The van der Waals surface area contributed by atoms with E-state index in [0.717, 1.165) is 19.4 Å². The van der Waals surface area contributed by atoms with Crippen LogP contribution in [-0.2, 0) is 9.59 Å². The van der Waals surface area contributed by atoms with Gasteiger partial charge in [0.2, 0.25) is 11.8 Å². The van der Waals surface area contributed by atoms with Crippen LogP contribution in [0.4, 0.5) is 0 Å². The van der Waals surface area contributed by atoms with E-state index in [0.29, 0.717) is 0 Å². The number of amides is 2. The van der Waals surface area contributed by atoms with E-state index in [9.17, 15) is 9.59 Å². The highest BCUT2D eigenvalue weighted by Gasteiger charge is 2.47. The molecule has 2 heterocycles. The molecule has 2 atom stereocenters. The van der Waals surface area contributed by atoms with Gasteiger partial charge in [-0.2, -0.15) is 0 Å². The average molecular weight is 210 g/mol.